The highest BCUT2D eigenvalue weighted by Crippen LogP contribution is 2.29. The number of benzene rings is 2. The minimum Gasteiger partial charge on any atom is -0.258 e. The Hall–Kier alpha value is -1.38. The Morgan fingerprint density at radius 1 is 1.00 bits per heavy atom. The molecule has 0 saturated heterocycles. The van der Waals surface area contributed by atoms with Crippen LogP contribution in [-0.2, 0) is 10.8 Å². The fourth-order valence-electron chi connectivity index (χ4n) is 1.99. The Balaban J connectivity index is 2.40. The summed E-state index contributed by atoms with van der Waals surface area (Å²) in [6.45, 7) is 3.64. The van der Waals surface area contributed by atoms with Crippen molar-refractivity contribution in [1.82, 2.24) is 0 Å². The first-order valence-electron chi connectivity index (χ1n) is 5.99. The molecule has 98 valence electrons. The van der Waals surface area contributed by atoms with Crippen molar-refractivity contribution in [2.45, 2.75) is 5.25 Å². The lowest BCUT2D eigenvalue weighted by atomic mass is 10.0. The summed E-state index contributed by atoms with van der Waals surface area (Å²) in [5.74, 6) is 0.302. The van der Waals surface area contributed by atoms with E-state index in [2.05, 4.69) is 6.58 Å². The van der Waals surface area contributed by atoms with E-state index in [1.165, 1.54) is 0 Å². The van der Waals surface area contributed by atoms with E-state index >= 15 is 0 Å². The van der Waals surface area contributed by atoms with Gasteiger partial charge in [-0.1, -0.05) is 78.8 Å². The number of hydrogen-bond donors (Lipinski definition) is 0. The lowest BCUT2D eigenvalue weighted by Crippen LogP contribution is -2.11. The molecular weight excluding hydrogens is 276 g/mol. The van der Waals surface area contributed by atoms with Crippen LogP contribution in [0, 0.1) is 0 Å². The van der Waals surface area contributed by atoms with Crippen molar-refractivity contribution in [2.75, 3.05) is 5.75 Å². The quantitative estimate of drug-likeness (QED) is 0.803. The molecule has 0 aromatic heterocycles. The molecule has 0 bridgehead atoms. The van der Waals surface area contributed by atoms with Crippen LogP contribution >= 0.6 is 11.6 Å². The SMILES string of the molecule is C=C(Cl)CS(=O)C(c1ccccc1)c1ccccc1. The average Bonchev–Trinajstić information content (AvgIpc) is 2.40. The zero-order valence-corrected chi connectivity index (χ0v) is 12.0. The topological polar surface area (TPSA) is 17.1 Å². The summed E-state index contributed by atoms with van der Waals surface area (Å²) in [4.78, 5) is 0. The van der Waals surface area contributed by atoms with Gasteiger partial charge in [0.2, 0.25) is 0 Å². The molecule has 2 rings (SSSR count). The number of halogens is 1. The fourth-order valence-corrected chi connectivity index (χ4v) is 3.71. The van der Waals surface area contributed by atoms with E-state index in [0.717, 1.165) is 11.1 Å². The van der Waals surface area contributed by atoms with Crippen LogP contribution in [0.5, 0.6) is 0 Å². The Morgan fingerprint density at radius 2 is 1.42 bits per heavy atom. The molecule has 0 aliphatic heterocycles. The molecule has 0 aliphatic rings. The lowest BCUT2D eigenvalue weighted by Gasteiger charge is -2.17. The number of rotatable bonds is 5. The van der Waals surface area contributed by atoms with Gasteiger partial charge in [-0.05, 0) is 11.1 Å². The minimum absolute atomic E-state index is 0.169. The molecule has 0 fully saturated rings. The normalized spacial score (nSPS) is 12.3. The van der Waals surface area contributed by atoms with Crippen molar-refractivity contribution in [3.8, 4) is 0 Å². The first-order chi connectivity index (χ1) is 9.18. The molecule has 1 nitrogen and oxygen atoms in total. The molecule has 0 saturated carbocycles. The molecule has 0 aliphatic carbocycles. The molecule has 0 heterocycles. The predicted molar refractivity (Wildman–Crippen MR) is 82.7 cm³/mol. The summed E-state index contributed by atoms with van der Waals surface area (Å²) in [5.41, 5.74) is 2.06. The lowest BCUT2D eigenvalue weighted by molar-refractivity contribution is 0.680. The summed E-state index contributed by atoms with van der Waals surface area (Å²) < 4.78 is 12.5. The van der Waals surface area contributed by atoms with Gasteiger partial charge in [0.25, 0.3) is 0 Å². The molecular formula is C16H15ClOS. The van der Waals surface area contributed by atoms with Crippen molar-refractivity contribution in [3.05, 3.63) is 83.4 Å². The highest BCUT2D eigenvalue weighted by atomic mass is 35.5. The van der Waals surface area contributed by atoms with Gasteiger partial charge < -0.3 is 0 Å². The highest BCUT2D eigenvalue weighted by Gasteiger charge is 2.21. The average molecular weight is 291 g/mol. The van der Waals surface area contributed by atoms with Crippen LogP contribution in [-0.4, -0.2) is 9.96 Å². The zero-order chi connectivity index (χ0) is 13.7. The largest absolute Gasteiger partial charge is 0.258 e. The molecule has 0 amide bonds. The molecule has 0 radical (unpaired) electrons. The van der Waals surface area contributed by atoms with Gasteiger partial charge in [0.15, 0.2) is 0 Å². The Kier molecular flexibility index (Phi) is 4.94. The van der Waals surface area contributed by atoms with Gasteiger partial charge in [-0.2, -0.15) is 0 Å². The molecule has 2 aromatic rings. The second kappa shape index (κ2) is 6.69. The van der Waals surface area contributed by atoms with E-state index < -0.39 is 10.8 Å². The summed E-state index contributed by atoms with van der Waals surface area (Å²) in [7, 11) is -1.12. The minimum atomic E-state index is -1.12. The van der Waals surface area contributed by atoms with E-state index in [1.807, 2.05) is 60.7 Å². The van der Waals surface area contributed by atoms with Crippen LogP contribution in [0.2, 0.25) is 0 Å². The van der Waals surface area contributed by atoms with E-state index in [-0.39, 0.29) is 5.25 Å². The second-order valence-electron chi connectivity index (χ2n) is 4.24. The predicted octanol–water partition coefficient (Wildman–Crippen LogP) is 4.28. The van der Waals surface area contributed by atoms with Crippen molar-refractivity contribution in [1.29, 1.82) is 0 Å². The van der Waals surface area contributed by atoms with E-state index in [1.54, 1.807) is 0 Å². The highest BCUT2D eigenvalue weighted by molar-refractivity contribution is 7.85. The third kappa shape index (κ3) is 3.79. The van der Waals surface area contributed by atoms with Crippen LogP contribution in [0.1, 0.15) is 16.4 Å². The first kappa shape index (κ1) is 14.0. The van der Waals surface area contributed by atoms with Crippen molar-refractivity contribution in [3.63, 3.8) is 0 Å². The fraction of sp³-hybridized carbons (Fsp3) is 0.125. The number of hydrogen-bond acceptors (Lipinski definition) is 1. The Morgan fingerprint density at radius 3 is 1.79 bits per heavy atom. The first-order valence-corrected chi connectivity index (χ1v) is 7.75. The molecule has 1 unspecified atom stereocenters. The molecule has 3 heteroatoms. The van der Waals surface area contributed by atoms with Gasteiger partial charge in [-0.25, -0.2) is 0 Å². The van der Waals surface area contributed by atoms with E-state index in [4.69, 9.17) is 11.6 Å². The second-order valence-corrected chi connectivity index (χ2v) is 6.30. The van der Waals surface area contributed by atoms with Crippen LogP contribution in [0.25, 0.3) is 0 Å². The molecule has 0 spiro atoms. The maximum absolute atomic E-state index is 12.5. The van der Waals surface area contributed by atoms with Gasteiger partial charge in [-0.15, -0.1) is 0 Å². The van der Waals surface area contributed by atoms with Gasteiger partial charge >= 0.3 is 0 Å². The van der Waals surface area contributed by atoms with Gasteiger partial charge in [-0.3, -0.25) is 4.21 Å². The Bertz CT molecular complexity index is 526. The molecule has 1 atom stereocenters. The summed E-state index contributed by atoms with van der Waals surface area (Å²) in [6.07, 6.45) is 0. The third-order valence-corrected chi connectivity index (χ3v) is 4.76. The van der Waals surface area contributed by atoms with Crippen molar-refractivity contribution in [2.24, 2.45) is 0 Å². The standard InChI is InChI=1S/C16H15ClOS/c1-13(17)12-19(18)16(14-8-4-2-5-9-14)15-10-6-3-7-11-15/h2-11,16H,1,12H2. The monoisotopic (exact) mass is 290 g/mol. The maximum Gasteiger partial charge on any atom is 0.0850 e. The third-order valence-electron chi connectivity index (χ3n) is 2.77. The van der Waals surface area contributed by atoms with Gasteiger partial charge in [0.05, 0.1) is 11.0 Å². The van der Waals surface area contributed by atoms with Gasteiger partial charge in [0, 0.05) is 15.8 Å². The van der Waals surface area contributed by atoms with Crippen LogP contribution < -0.4 is 0 Å². The van der Waals surface area contributed by atoms with Crippen LogP contribution in [0.15, 0.2) is 72.3 Å². The van der Waals surface area contributed by atoms with E-state index in [0.29, 0.717) is 10.8 Å². The van der Waals surface area contributed by atoms with Gasteiger partial charge in [0.1, 0.15) is 0 Å². The van der Waals surface area contributed by atoms with Crippen LogP contribution in [0.4, 0.5) is 0 Å². The molecule has 2 aromatic carbocycles. The zero-order valence-electron chi connectivity index (χ0n) is 10.5. The molecule has 0 N–H and O–H groups in total. The molecule has 19 heavy (non-hydrogen) atoms. The smallest absolute Gasteiger partial charge is 0.0850 e. The summed E-state index contributed by atoms with van der Waals surface area (Å²) in [6, 6.07) is 19.7. The van der Waals surface area contributed by atoms with Crippen LogP contribution in [0.3, 0.4) is 0 Å². The van der Waals surface area contributed by atoms with Crippen molar-refractivity contribution < 1.29 is 4.21 Å². The Labute approximate surface area is 121 Å². The summed E-state index contributed by atoms with van der Waals surface area (Å²) in [5, 5.41) is 0.257. The maximum atomic E-state index is 12.5. The van der Waals surface area contributed by atoms with Crippen molar-refractivity contribution >= 4 is 22.4 Å². The summed E-state index contributed by atoms with van der Waals surface area (Å²) >= 11 is 5.80. The van der Waals surface area contributed by atoms with E-state index in [9.17, 15) is 4.21 Å².